The summed E-state index contributed by atoms with van der Waals surface area (Å²) in [7, 11) is 1.61. The fourth-order valence-electron chi connectivity index (χ4n) is 3.13. The molecular weight excluding hydrogens is 334 g/mol. The molecule has 3 unspecified atom stereocenters. The average Bonchev–Trinajstić information content (AvgIpc) is 2.83. The third-order valence-corrected chi connectivity index (χ3v) is 5.35. The lowest BCUT2D eigenvalue weighted by Crippen LogP contribution is -2.29. The number of aromatic nitrogens is 2. The topological polar surface area (TPSA) is 56.1 Å². The molecule has 0 aliphatic heterocycles. The van der Waals surface area contributed by atoms with E-state index in [2.05, 4.69) is 40.2 Å². The highest BCUT2D eigenvalue weighted by Crippen LogP contribution is 2.36. The molecule has 0 spiro atoms. The van der Waals surface area contributed by atoms with Crippen LogP contribution in [0.15, 0.2) is 15.5 Å². The summed E-state index contributed by atoms with van der Waals surface area (Å²) in [5, 5.41) is 7.71. The molecule has 3 atom stereocenters. The lowest BCUT2D eigenvalue weighted by molar-refractivity contribution is 0.181. The van der Waals surface area contributed by atoms with Crippen molar-refractivity contribution in [1.29, 1.82) is 0 Å². The van der Waals surface area contributed by atoms with Gasteiger partial charge in [-0.1, -0.05) is 20.3 Å². The van der Waals surface area contributed by atoms with Crippen molar-refractivity contribution in [2.75, 3.05) is 19.0 Å². The molecule has 1 aliphatic rings. The van der Waals surface area contributed by atoms with Crippen LogP contribution in [0.25, 0.3) is 0 Å². The van der Waals surface area contributed by atoms with Gasteiger partial charge in [0, 0.05) is 13.2 Å². The van der Waals surface area contributed by atoms with E-state index in [1.807, 2.05) is 0 Å². The van der Waals surface area contributed by atoms with Crippen LogP contribution in [-0.4, -0.2) is 29.5 Å². The largest absolute Gasteiger partial charge is 0.383 e. The lowest BCUT2D eigenvalue weighted by atomic mass is 9.93. The Labute approximate surface area is 134 Å². The fourth-order valence-corrected chi connectivity index (χ4v) is 3.55. The number of halogens is 1. The number of hydrogen-bond donors (Lipinski definition) is 1. The van der Waals surface area contributed by atoms with E-state index in [4.69, 9.17) is 4.74 Å². The number of rotatable bonds is 6. The normalized spacial score (nSPS) is 25.2. The number of hydrogen-bond acceptors (Lipinski definition) is 4. The molecule has 2 rings (SSSR count). The molecule has 1 aliphatic carbocycles. The molecule has 6 heteroatoms. The minimum absolute atomic E-state index is 0.116. The van der Waals surface area contributed by atoms with Gasteiger partial charge in [0.15, 0.2) is 0 Å². The van der Waals surface area contributed by atoms with E-state index in [0.29, 0.717) is 29.6 Å². The molecule has 1 fully saturated rings. The van der Waals surface area contributed by atoms with E-state index in [0.717, 1.165) is 18.0 Å². The zero-order valence-corrected chi connectivity index (χ0v) is 14.5. The van der Waals surface area contributed by atoms with Gasteiger partial charge in [-0.3, -0.25) is 4.79 Å². The van der Waals surface area contributed by atoms with E-state index in [9.17, 15) is 4.79 Å². The maximum atomic E-state index is 12.2. The molecule has 21 heavy (non-hydrogen) atoms. The van der Waals surface area contributed by atoms with Gasteiger partial charge in [-0.2, -0.15) is 5.10 Å². The van der Waals surface area contributed by atoms with Gasteiger partial charge in [-0.05, 0) is 40.6 Å². The van der Waals surface area contributed by atoms with Gasteiger partial charge in [0.25, 0.3) is 5.56 Å². The SMILES string of the molecule is CCC1CCC(Nc2cnn(CCOC)c(=O)c2Br)C1C. The predicted octanol–water partition coefficient (Wildman–Crippen LogP) is 2.89. The number of anilines is 1. The van der Waals surface area contributed by atoms with E-state index < -0.39 is 0 Å². The van der Waals surface area contributed by atoms with Gasteiger partial charge in [-0.25, -0.2) is 4.68 Å². The minimum Gasteiger partial charge on any atom is -0.383 e. The van der Waals surface area contributed by atoms with E-state index >= 15 is 0 Å². The van der Waals surface area contributed by atoms with Gasteiger partial charge >= 0.3 is 0 Å². The van der Waals surface area contributed by atoms with Gasteiger partial charge < -0.3 is 10.1 Å². The van der Waals surface area contributed by atoms with Crippen molar-refractivity contribution in [1.82, 2.24) is 9.78 Å². The van der Waals surface area contributed by atoms with Crippen LogP contribution in [-0.2, 0) is 11.3 Å². The van der Waals surface area contributed by atoms with Crippen LogP contribution in [0.4, 0.5) is 5.69 Å². The summed E-state index contributed by atoms with van der Waals surface area (Å²) in [5.41, 5.74) is 0.678. The molecule has 1 saturated carbocycles. The zero-order valence-electron chi connectivity index (χ0n) is 12.9. The average molecular weight is 358 g/mol. The summed E-state index contributed by atoms with van der Waals surface area (Å²) < 4.78 is 6.96. The third-order valence-electron chi connectivity index (χ3n) is 4.58. The zero-order chi connectivity index (χ0) is 15.4. The van der Waals surface area contributed by atoms with Crippen LogP contribution in [0.1, 0.15) is 33.1 Å². The number of methoxy groups -OCH3 is 1. The van der Waals surface area contributed by atoms with Crippen LogP contribution in [0.5, 0.6) is 0 Å². The van der Waals surface area contributed by atoms with Crippen LogP contribution >= 0.6 is 15.9 Å². The Balaban J connectivity index is 2.11. The molecule has 0 radical (unpaired) electrons. The fraction of sp³-hybridized carbons (Fsp3) is 0.733. The lowest BCUT2D eigenvalue weighted by Gasteiger charge is -2.22. The van der Waals surface area contributed by atoms with Gasteiger partial charge in [0.05, 0.1) is 25.0 Å². The number of nitrogens with one attached hydrogen (secondary N) is 1. The second-order valence-electron chi connectivity index (χ2n) is 5.75. The number of ether oxygens (including phenoxy) is 1. The van der Waals surface area contributed by atoms with E-state index in [-0.39, 0.29) is 5.56 Å². The molecule has 1 heterocycles. The number of nitrogens with zero attached hydrogens (tertiary/aromatic N) is 2. The molecule has 1 aromatic heterocycles. The highest BCUT2D eigenvalue weighted by molar-refractivity contribution is 9.10. The Morgan fingerprint density at radius 3 is 2.90 bits per heavy atom. The molecule has 5 nitrogen and oxygen atoms in total. The van der Waals surface area contributed by atoms with Crippen molar-refractivity contribution in [3.05, 3.63) is 21.0 Å². The predicted molar refractivity (Wildman–Crippen MR) is 87.7 cm³/mol. The quantitative estimate of drug-likeness (QED) is 0.850. The second-order valence-corrected chi connectivity index (χ2v) is 6.54. The first kappa shape index (κ1) is 16.5. The highest BCUT2D eigenvalue weighted by Gasteiger charge is 2.31. The van der Waals surface area contributed by atoms with E-state index in [1.165, 1.54) is 17.5 Å². The van der Waals surface area contributed by atoms with Crippen molar-refractivity contribution in [3.63, 3.8) is 0 Å². The van der Waals surface area contributed by atoms with E-state index in [1.54, 1.807) is 13.3 Å². The molecule has 1 N–H and O–H groups in total. The molecule has 1 aromatic rings. The van der Waals surface area contributed by atoms with Crippen LogP contribution in [0.3, 0.4) is 0 Å². The smallest absolute Gasteiger partial charge is 0.283 e. The summed E-state index contributed by atoms with van der Waals surface area (Å²) in [5.74, 6) is 1.40. The van der Waals surface area contributed by atoms with Gasteiger partial charge in [0.1, 0.15) is 4.47 Å². The standard InChI is InChI=1S/C15H24BrN3O2/c1-4-11-5-6-12(10(11)2)18-13-9-17-19(7-8-21-3)15(20)14(13)16/h9-12,18H,4-8H2,1-3H3. The Morgan fingerprint density at radius 1 is 1.52 bits per heavy atom. The van der Waals surface area contributed by atoms with Crippen molar-refractivity contribution in [2.45, 2.75) is 45.7 Å². The first-order valence-corrected chi connectivity index (χ1v) is 8.38. The first-order chi connectivity index (χ1) is 10.1. The van der Waals surface area contributed by atoms with Gasteiger partial charge in [0.2, 0.25) is 0 Å². The molecular formula is C15H24BrN3O2. The summed E-state index contributed by atoms with van der Waals surface area (Å²) in [6.07, 6.45) is 5.36. The molecule has 0 bridgehead atoms. The van der Waals surface area contributed by atoms with Crippen LogP contribution in [0, 0.1) is 11.8 Å². The maximum Gasteiger partial charge on any atom is 0.283 e. The van der Waals surface area contributed by atoms with Crippen molar-refractivity contribution in [2.24, 2.45) is 11.8 Å². The highest BCUT2D eigenvalue weighted by atomic mass is 79.9. The molecule has 0 aromatic carbocycles. The van der Waals surface area contributed by atoms with Gasteiger partial charge in [-0.15, -0.1) is 0 Å². The van der Waals surface area contributed by atoms with Crippen molar-refractivity contribution < 1.29 is 4.74 Å². The Bertz CT molecular complexity index is 532. The maximum absolute atomic E-state index is 12.2. The Morgan fingerprint density at radius 2 is 2.29 bits per heavy atom. The minimum atomic E-state index is -0.116. The van der Waals surface area contributed by atoms with Crippen LogP contribution < -0.4 is 10.9 Å². The molecule has 0 amide bonds. The van der Waals surface area contributed by atoms with Crippen molar-refractivity contribution in [3.8, 4) is 0 Å². The van der Waals surface area contributed by atoms with Crippen molar-refractivity contribution >= 4 is 21.6 Å². The summed E-state index contributed by atoms with van der Waals surface area (Å²) in [4.78, 5) is 12.2. The second kappa shape index (κ2) is 7.40. The first-order valence-electron chi connectivity index (χ1n) is 7.59. The summed E-state index contributed by atoms with van der Waals surface area (Å²) >= 11 is 3.41. The summed E-state index contributed by atoms with van der Waals surface area (Å²) in [6, 6.07) is 0.419. The third kappa shape index (κ3) is 3.66. The monoisotopic (exact) mass is 357 g/mol. The molecule has 0 saturated heterocycles. The summed E-state index contributed by atoms with van der Waals surface area (Å²) in [6.45, 7) is 5.48. The van der Waals surface area contributed by atoms with Crippen LogP contribution in [0.2, 0.25) is 0 Å². The Hall–Kier alpha value is -0.880. The Kier molecular flexibility index (Phi) is 5.81. The molecule has 118 valence electrons.